The monoisotopic (exact) mass is 226 g/mol. The van der Waals surface area contributed by atoms with Crippen molar-refractivity contribution in [3.63, 3.8) is 0 Å². The number of hydrogen-bond acceptors (Lipinski definition) is 4. The lowest BCUT2D eigenvalue weighted by Gasteiger charge is -1.99. The summed E-state index contributed by atoms with van der Waals surface area (Å²) in [7, 11) is 1.60. The zero-order chi connectivity index (χ0) is 11.1. The zero-order valence-electron chi connectivity index (χ0n) is 8.82. The molecule has 0 aliphatic rings. The van der Waals surface area contributed by atoms with Crippen molar-refractivity contribution < 1.29 is 9.53 Å². The average molecular weight is 226 g/mol. The van der Waals surface area contributed by atoms with Gasteiger partial charge in [0.05, 0.1) is 17.3 Å². The van der Waals surface area contributed by atoms with Crippen LogP contribution in [0.4, 0.5) is 0 Å². The summed E-state index contributed by atoms with van der Waals surface area (Å²) in [5.41, 5.74) is 0.819. The lowest BCUT2D eigenvalue weighted by Crippen LogP contribution is -2.24. The molecule has 0 aliphatic heterocycles. The van der Waals surface area contributed by atoms with Gasteiger partial charge in [-0.15, -0.1) is 11.3 Å². The van der Waals surface area contributed by atoms with Gasteiger partial charge in [-0.25, -0.2) is 4.98 Å². The summed E-state index contributed by atoms with van der Waals surface area (Å²) in [6.45, 7) is 2.98. The highest BCUT2D eigenvalue weighted by molar-refractivity contribution is 7.09. The normalized spacial score (nSPS) is 10.8. The van der Waals surface area contributed by atoms with Crippen LogP contribution in [0, 0.1) is 6.92 Å². The number of carbonyl (C=O) groups is 1. The molecule has 0 radical (unpaired) electrons. The van der Waals surface area contributed by atoms with E-state index in [0.717, 1.165) is 10.7 Å². The molecule has 4 nitrogen and oxygen atoms in total. The Morgan fingerprint density at radius 2 is 2.53 bits per heavy atom. The standard InChI is InChI=1S/C10H14N2O2S/c1-8-12-9(7-15-8)3-4-10(13)11-5-6-14-2/h3-4,7H,5-6H2,1-2H3,(H,11,13)/b4-3+. The summed E-state index contributed by atoms with van der Waals surface area (Å²) in [6, 6.07) is 0. The number of aromatic nitrogens is 1. The summed E-state index contributed by atoms with van der Waals surface area (Å²) in [4.78, 5) is 15.4. The largest absolute Gasteiger partial charge is 0.383 e. The molecule has 0 spiro atoms. The smallest absolute Gasteiger partial charge is 0.244 e. The Labute approximate surface area is 93.0 Å². The number of aryl methyl sites for hydroxylation is 1. The second-order valence-electron chi connectivity index (χ2n) is 2.91. The molecule has 0 fully saturated rings. The minimum atomic E-state index is -0.127. The van der Waals surface area contributed by atoms with Crippen molar-refractivity contribution in [1.29, 1.82) is 0 Å². The maximum absolute atomic E-state index is 11.2. The second kappa shape index (κ2) is 6.31. The number of ether oxygens (including phenoxy) is 1. The van der Waals surface area contributed by atoms with E-state index in [2.05, 4.69) is 10.3 Å². The molecule has 15 heavy (non-hydrogen) atoms. The van der Waals surface area contributed by atoms with Crippen LogP contribution in [0.25, 0.3) is 6.08 Å². The minimum absolute atomic E-state index is 0.127. The lowest BCUT2D eigenvalue weighted by molar-refractivity contribution is -0.116. The van der Waals surface area contributed by atoms with Crippen LogP contribution < -0.4 is 5.32 Å². The fourth-order valence-corrected chi connectivity index (χ4v) is 1.53. The van der Waals surface area contributed by atoms with Gasteiger partial charge in [-0.1, -0.05) is 0 Å². The quantitative estimate of drug-likeness (QED) is 0.607. The Hall–Kier alpha value is -1.20. The first-order valence-electron chi connectivity index (χ1n) is 4.59. The van der Waals surface area contributed by atoms with E-state index in [4.69, 9.17) is 4.74 Å². The van der Waals surface area contributed by atoms with Crippen molar-refractivity contribution in [1.82, 2.24) is 10.3 Å². The van der Waals surface area contributed by atoms with Crippen LogP contribution in [-0.4, -0.2) is 31.2 Å². The van der Waals surface area contributed by atoms with Crippen LogP contribution in [0.15, 0.2) is 11.5 Å². The number of thiazole rings is 1. The van der Waals surface area contributed by atoms with Crippen LogP contribution in [0.5, 0.6) is 0 Å². The third-order valence-electron chi connectivity index (χ3n) is 1.65. The molecule has 0 aliphatic carbocycles. The van der Waals surface area contributed by atoms with Crippen LogP contribution >= 0.6 is 11.3 Å². The van der Waals surface area contributed by atoms with Gasteiger partial charge in [0.25, 0.3) is 0 Å². The number of nitrogens with one attached hydrogen (secondary N) is 1. The van der Waals surface area contributed by atoms with Crippen molar-refractivity contribution in [2.75, 3.05) is 20.3 Å². The number of carbonyl (C=O) groups excluding carboxylic acids is 1. The van der Waals surface area contributed by atoms with Crippen molar-refractivity contribution >= 4 is 23.3 Å². The van der Waals surface area contributed by atoms with Crippen LogP contribution in [0.1, 0.15) is 10.7 Å². The molecule has 0 saturated heterocycles. The van der Waals surface area contributed by atoms with E-state index in [1.165, 1.54) is 6.08 Å². The van der Waals surface area contributed by atoms with Gasteiger partial charge in [-0.05, 0) is 13.0 Å². The van der Waals surface area contributed by atoms with Crippen LogP contribution in [0.3, 0.4) is 0 Å². The maximum Gasteiger partial charge on any atom is 0.244 e. The third-order valence-corrected chi connectivity index (χ3v) is 2.44. The van der Waals surface area contributed by atoms with Crippen molar-refractivity contribution in [2.24, 2.45) is 0 Å². The van der Waals surface area contributed by atoms with Crippen molar-refractivity contribution in [3.8, 4) is 0 Å². The molecular weight excluding hydrogens is 212 g/mol. The van der Waals surface area contributed by atoms with E-state index in [1.54, 1.807) is 24.5 Å². The number of hydrogen-bond donors (Lipinski definition) is 1. The Balaban J connectivity index is 2.34. The van der Waals surface area contributed by atoms with Gasteiger partial charge < -0.3 is 10.1 Å². The molecule has 1 aromatic heterocycles. The topological polar surface area (TPSA) is 51.2 Å². The molecule has 0 aromatic carbocycles. The van der Waals surface area contributed by atoms with E-state index in [0.29, 0.717) is 13.2 Å². The summed E-state index contributed by atoms with van der Waals surface area (Å²) >= 11 is 1.56. The van der Waals surface area contributed by atoms with Gasteiger partial charge in [-0.3, -0.25) is 4.79 Å². The zero-order valence-corrected chi connectivity index (χ0v) is 9.63. The van der Waals surface area contributed by atoms with Crippen LogP contribution in [0.2, 0.25) is 0 Å². The van der Waals surface area contributed by atoms with Gasteiger partial charge in [0, 0.05) is 25.1 Å². The summed E-state index contributed by atoms with van der Waals surface area (Å²) < 4.78 is 4.81. The average Bonchev–Trinajstić information content (AvgIpc) is 2.62. The van der Waals surface area contributed by atoms with E-state index < -0.39 is 0 Å². The van der Waals surface area contributed by atoms with E-state index in [1.807, 2.05) is 12.3 Å². The van der Waals surface area contributed by atoms with Crippen LogP contribution in [-0.2, 0) is 9.53 Å². The summed E-state index contributed by atoms with van der Waals surface area (Å²) in [5.74, 6) is -0.127. The third kappa shape index (κ3) is 4.71. The molecule has 1 rings (SSSR count). The highest BCUT2D eigenvalue weighted by Gasteiger charge is 1.96. The SMILES string of the molecule is COCCNC(=O)/C=C/c1csc(C)n1. The Kier molecular flexibility index (Phi) is 5.00. The molecule has 1 heterocycles. The van der Waals surface area contributed by atoms with Crippen molar-refractivity contribution in [3.05, 3.63) is 22.2 Å². The predicted molar refractivity (Wildman–Crippen MR) is 60.8 cm³/mol. The summed E-state index contributed by atoms with van der Waals surface area (Å²) in [6.07, 6.45) is 3.18. The molecule has 5 heteroatoms. The highest BCUT2D eigenvalue weighted by atomic mass is 32.1. The number of methoxy groups -OCH3 is 1. The molecular formula is C10H14N2O2S. The Morgan fingerprint density at radius 3 is 3.13 bits per heavy atom. The molecule has 1 N–H and O–H groups in total. The van der Waals surface area contributed by atoms with E-state index >= 15 is 0 Å². The fraction of sp³-hybridized carbons (Fsp3) is 0.400. The first kappa shape index (κ1) is 11.9. The lowest BCUT2D eigenvalue weighted by atomic mass is 10.4. The molecule has 0 unspecified atom stereocenters. The number of nitrogens with zero attached hydrogens (tertiary/aromatic N) is 1. The van der Waals surface area contributed by atoms with Gasteiger partial charge >= 0.3 is 0 Å². The highest BCUT2D eigenvalue weighted by Crippen LogP contribution is 2.08. The Bertz CT molecular complexity index is 347. The van der Waals surface area contributed by atoms with Gasteiger partial charge in [0.1, 0.15) is 0 Å². The minimum Gasteiger partial charge on any atom is -0.383 e. The summed E-state index contributed by atoms with van der Waals surface area (Å²) in [5, 5.41) is 5.59. The number of rotatable bonds is 5. The van der Waals surface area contributed by atoms with E-state index in [9.17, 15) is 4.79 Å². The molecule has 82 valence electrons. The first-order valence-corrected chi connectivity index (χ1v) is 5.47. The van der Waals surface area contributed by atoms with Gasteiger partial charge in [0.15, 0.2) is 0 Å². The van der Waals surface area contributed by atoms with Crippen molar-refractivity contribution in [2.45, 2.75) is 6.92 Å². The van der Waals surface area contributed by atoms with E-state index in [-0.39, 0.29) is 5.91 Å². The van der Waals surface area contributed by atoms with Gasteiger partial charge in [0.2, 0.25) is 5.91 Å². The number of amides is 1. The van der Waals surface area contributed by atoms with Gasteiger partial charge in [-0.2, -0.15) is 0 Å². The maximum atomic E-state index is 11.2. The first-order chi connectivity index (χ1) is 7.22. The molecule has 1 amide bonds. The second-order valence-corrected chi connectivity index (χ2v) is 3.97. The molecule has 0 atom stereocenters. The Morgan fingerprint density at radius 1 is 1.73 bits per heavy atom. The fourth-order valence-electron chi connectivity index (χ4n) is 0.953. The molecule has 1 aromatic rings. The molecule has 0 bridgehead atoms. The molecule has 0 saturated carbocycles. The predicted octanol–water partition coefficient (Wildman–Crippen LogP) is 1.23.